The highest BCUT2D eigenvalue weighted by Gasteiger charge is 2.68. The van der Waals surface area contributed by atoms with E-state index in [9.17, 15) is 9.90 Å². The van der Waals surface area contributed by atoms with Crippen LogP contribution >= 0.6 is 0 Å². The molecule has 0 aromatic heterocycles. The molecule has 7 unspecified atom stereocenters. The molecule has 7 atom stereocenters. The molecule has 5 aliphatic rings. The van der Waals surface area contributed by atoms with Crippen molar-refractivity contribution in [2.75, 3.05) is 0 Å². The van der Waals surface area contributed by atoms with E-state index in [0.29, 0.717) is 24.0 Å². The summed E-state index contributed by atoms with van der Waals surface area (Å²) in [7, 11) is 0. The fourth-order valence-corrected chi connectivity index (χ4v) is 9.33. The maximum absolute atomic E-state index is 14.1. The Kier molecular flexibility index (Phi) is 4.61. The minimum atomic E-state index is -0.317. The summed E-state index contributed by atoms with van der Waals surface area (Å²) in [5.74, 6) is 1.32. The van der Waals surface area contributed by atoms with Gasteiger partial charge in [-0.05, 0) is 68.3 Å². The van der Waals surface area contributed by atoms with Gasteiger partial charge in [0.1, 0.15) is 5.78 Å². The molecule has 2 saturated carbocycles. The quantitative estimate of drug-likeness (QED) is 0.453. The van der Waals surface area contributed by atoms with Crippen molar-refractivity contribution in [1.29, 1.82) is 0 Å². The molecular formula is C30H42O2. The predicted octanol–water partition coefficient (Wildman–Crippen LogP) is 6.96. The Bertz CT molecular complexity index is 1010. The number of hydrogen-bond acceptors (Lipinski definition) is 2. The van der Waals surface area contributed by atoms with Gasteiger partial charge >= 0.3 is 0 Å². The van der Waals surface area contributed by atoms with E-state index in [2.05, 4.69) is 67.2 Å². The van der Waals surface area contributed by atoms with Crippen LogP contribution in [0, 0.1) is 39.4 Å². The topological polar surface area (TPSA) is 37.3 Å². The third kappa shape index (κ3) is 2.48. The Hall–Kier alpha value is -1.41. The van der Waals surface area contributed by atoms with Gasteiger partial charge in [-0.25, -0.2) is 0 Å². The lowest BCUT2D eigenvalue weighted by Gasteiger charge is -2.63. The molecule has 0 heterocycles. The first-order chi connectivity index (χ1) is 14.8. The summed E-state index contributed by atoms with van der Waals surface area (Å²) in [6.07, 6.45) is 10.0. The Balaban J connectivity index is 1.65. The van der Waals surface area contributed by atoms with Gasteiger partial charge in [-0.15, -0.1) is 0 Å². The Morgan fingerprint density at radius 1 is 1.09 bits per heavy atom. The minimum Gasteiger partial charge on any atom is -0.392 e. The van der Waals surface area contributed by atoms with Crippen LogP contribution in [-0.4, -0.2) is 17.0 Å². The zero-order chi connectivity index (χ0) is 23.4. The average molecular weight is 435 g/mol. The van der Waals surface area contributed by atoms with Gasteiger partial charge in [0.05, 0.1) is 6.10 Å². The van der Waals surface area contributed by atoms with Gasteiger partial charge in [-0.2, -0.15) is 0 Å². The molecular weight excluding hydrogens is 392 g/mol. The van der Waals surface area contributed by atoms with Crippen molar-refractivity contribution in [3.63, 3.8) is 0 Å². The third-order valence-corrected chi connectivity index (χ3v) is 11.2. The summed E-state index contributed by atoms with van der Waals surface area (Å²) < 4.78 is 0. The van der Waals surface area contributed by atoms with Crippen LogP contribution in [0.5, 0.6) is 0 Å². The summed E-state index contributed by atoms with van der Waals surface area (Å²) in [6.45, 7) is 20.4. The molecule has 0 spiro atoms. The van der Waals surface area contributed by atoms with Crippen LogP contribution in [0.25, 0.3) is 0 Å². The van der Waals surface area contributed by atoms with Crippen molar-refractivity contribution < 1.29 is 9.90 Å². The van der Waals surface area contributed by atoms with E-state index in [1.165, 1.54) is 22.3 Å². The number of aliphatic hydroxyl groups is 1. The number of hydrogen-bond donors (Lipinski definition) is 1. The molecule has 0 radical (unpaired) electrons. The van der Waals surface area contributed by atoms with Crippen LogP contribution in [0.3, 0.4) is 0 Å². The van der Waals surface area contributed by atoms with Crippen molar-refractivity contribution in [2.24, 2.45) is 39.4 Å². The first kappa shape index (κ1) is 22.4. The second-order valence-electron chi connectivity index (χ2n) is 13.1. The highest BCUT2D eigenvalue weighted by atomic mass is 16.3. The standard InChI is InChI=1S/C30H42O2/c1-17(2)19-10-9-18(3)25-20(19)15-29(7)21-11-12-23-27(4,5)24(32)13-14-28(23,6)26(21)22(31)16-30(25,29)8/h9,12,19,21,24,26,32H,1,10-11,13-16H2,2-8H3. The van der Waals surface area contributed by atoms with E-state index in [1.807, 2.05) is 0 Å². The van der Waals surface area contributed by atoms with Crippen LogP contribution in [0.4, 0.5) is 0 Å². The maximum Gasteiger partial charge on any atom is 0.138 e. The monoisotopic (exact) mass is 434 g/mol. The molecule has 0 bridgehead atoms. The largest absolute Gasteiger partial charge is 0.392 e. The SMILES string of the molecule is C=C(C)C1CC=C(C)C2=C1CC1(C)C3CC=C4C(C)(C)C(O)CCC4(C)C3C(=O)CC21C. The number of carbonyl (C=O) groups excluding carboxylic acids is 1. The van der Waals surface area contributed by atoms with Crippen LogP contribution in [0.2, 0.25) is 0 Å². The molecule has 0 aromatic rings. The van der Waals surface area contributed by atoms with E-state index in [4.69, 9.17) is 0 Å². The predicted molar refractivity (Wildman–Crippen MR) is 131 cm³/mol. The molecule has 0 amide bonds. The lowest BCUT2D eigenvalue weighted by molar-refractivity contribution is -0.153. The molecule has 2 fully saturated rings. The van der Waals surface area contributed by atoms with Crippen molar-refractivity contribution in [3.8, 4) is 0 Å². The van der Waals surface area contributed by atoms with E-state index in [-0.39, 0.29) is 33.7 Å². The highest BCUT2D eigenvalue weighted by molar-refractivity contribution is 5.86. The lowest BCUT2D eigenvalue weighted by Crippen LogP contribution is -2.60. The number of allylic oxidation sites excluding steroid dienone is 6. The highest BCUT2D eigenvalue weighted by Crippen LogP contribution is 2.73. The molecule has 0 saturated heterocycles. The average Bonchev–Trinajstić information content (AvgIpc) is 2.93. The summed E-state index contributed by atoms with van der Waals surface area (Å²) >= 11 is 0. The number of Topliss-reactive ketones (excluding diaryl/α,β-unsaturated/α-hetero) is 1. The number of rotatable bonds is 1. The normalized spacial score (nSPS) is 47.1. The molecule has 5 rings (SSSR count). The van der Waals surface area contributed by atoms with Crippen molar-refractivity contribution in [3.05, 3.63) is 46.6 Å². The summed E-state index contributed by atoms with van der Waals surface area (Å²) in [4.78, 5) is 14.1. The van der Waals surface area contributed by atoms with E-state index in [1.54, 1.807) is 5.57 Å². The number of fused-ring (bicyclic) bond motifs is 6. The van der Waals surface area contributed by atoms with Gasteiger partial charge in [0.15, 0.2) is 0 Å². The molecule has 0 aromatic carbocycles. The van der Waals surface area contributed by atoms with Crippen molar-refractivity contribution in [2.45, 2.75) is 93.1 Å². The smallest absolute Gasteiger partial charge is 0.138 e. The van der Waals surface area contributed by atoms with Gasteiger partial charge in [-0.3, -0.25) is 4.79 Å². The summed E-state index contributed by atoms with van der Waals surface area (Å²) in [6, 6.07) is 0. The van der Waals surface area contributed by atoms with E-state index >= 15 is 0 Å². The van der Waals surface area contributed by atoms with Crippen LogP contribution in [-0.2, 0) is 4.79 Å². The van der Waals surface area contributed by atoms with Crippen molar-refractivity contribution in [1.82, 2.24) is 0 Å². The summed E-state index contributed by atoms with van der Waals surface area (Å²) in [5.41, 5.74) is 6.67. The zero-order valence-corrected chi connectivity index (χ0v) is 21.3. The Morgan fingerprint density at radius 2 is 1.78 bits per heavy atom. The van der Waals surface area contributed by atoms with Gasteiger partial charge < -0.3 is 5.11 Å². The number of aliphatic hydroxyl groups excluding tert-OH is 1. The molecule has 2 nitrogen and oxygen atoms in total. The third-order valence-electron chi connectivity index (χ3n) is 11.2. The van der Waals surface area contributed by atoms with Crippen LogP contribution < -0.4 is 0 Å². The van der Waals surface area contributed by atoms with Gasteiger partial charge in [-0.1, -0.05) is 75.6 Å². The van der Waals surface area contributed by atoms with Crippen molar-refractivity contribution >= 4 is 5.78 Å². The number of carbonyl (C=O) groups is 1. The fourth-order valence-electron chi connectivity index (χ4n) is 9.33. The van der Waals surface area contributed by atoms with Gasteiger partial charge in [0.25, 0.3) is 0 Å². The Morgan fingerprint density at radius 3 is 2.44 bits per heavy atom. The first-order valence-electron chi connectivity index (χ1n) is 12.8. The Labute approximate surface area is 194 Å². The van der Waals surface area contributed by atoms with Gasteiger partial charge in [0.2, 0.25) is 0 Å². The maximum atomic E-state index is 14.1. The first-order valence-corrected chi connectivity index (χ1v) is 12.8. The second-order valence-corrected chi connectivity index (χ2v) is 13.1. The molecule has 0 aliphatic heterocycles. The zero-order valence-electron chi connectivity index (χ0n) is 21.3. The lowest BCUT2D eigenvalue weighted by atomic mass is 9.40. The molecule has 5 aliphatic carbocycles. The van der Waals surface area contributed by atoms with Crippen LogP contribution in [0.1, 0.15) is 87.0 Å². The second kappa shape index (κ2) is 6.59. The molecule has 1 N–H and O–H groups in total. The molecule has 2 heteroatoms. The minimum absolute atomic E-state index is 0.0706. The van der Waals surface area contributed by atoms with Crippen LogP contribution in [0.15, 0.2) is 46.6 Å². The van der Waals surface area contributed by atoms with Gasteiger partial charge in [0, 0.05) is 29.1 Å². The summed E-state index contributed by atoms with van der Waals surface area (Å²) in [5, 5.41) is 10.8. The fraction of sp³-hybridized carbons (Fsp3) is 0.700. The molecule has 174 valence electrons. The van der Waals surface area contributed by atoms with E-state index < -0.39 is 0 Å². The number of ketones is 1. The van der Waals surface area contributed by atoms with E-state index in [0.717, 1.165) is 32.1 Å². The molecule has 32 heavy (non-hydrogen) atoms.